The number of nitrogens with one attached hydrogen (secondary N) is 1. The monoisotopic (exact) mass is 363 g/mol. The normalized spacial score (nSPS) is 12.8. The summed E-state index contributed by atoms with van der Waals surface area (Å²) in [5.74, 6) is -1.48. The van der Waals surface area contributed by atoms with Gasteiger partial charge in [-0.25, -0.2) is 9.78 Å². The second kappa shape index (κ2) is 7.10. The minimum atomic E-state index is -2.18. The number of aromatic amines is 1. The Morgan fingerprint density at radius 2 is 2.36 bits per heavy atom. The van der Waals surface area contributed by atoms with Crippen molar-refractivity contribution in [1.82, 2.24) is 9.97 Å². The van der Waals surface area contributed by atoms with E-state index in [9.17, 15) is 25.0 Å². The van der Waals surface area contributed by atoms with Crippen LogP contribution in [0.4, 0.5) is 11.6 Å². The average Bonchev–Trinajstić information content (AvgIpc) is 3.04. The largest absolute Gasteiger partial charge is 0.464 e. The first-order valence-electron chi connectivity index (χ1n) is 7.00. The minimum absolute atomic E-state index is 0.0572. The van der Waals surface area contributed by atoms with Crippen molar-refractivity contribution < 1.29 is 14.5 Å². The van der Waals surface area contributed by atoms with Gasteiger partial charge in [-0.2, -0.15) is 16.6 Å². The Hall–Kier alpha value is -3.26. The molecule has 0 spiro atoms. The number of carbonyl (C=O) groups is 1. The Balaban J connectivity index is 2.80. The number of rotatable bonds is 6. The van der Waals surface area contributed by atoms with E-state index in [1.54, 1.807) is 22.9 Å². The van der Waals surface area contributed by atoms with Crippen molar-refractivity contribution in [3.05, 3.63) is 48.6 Å². The van der Waals surface area contributed by atoms with Crippen LogP contribution >= 0.6 is 11.3 Å². The van der Waals surface area contributed by atoms with Crippen molar-refractivity contribution >= 4 is 28.9 Å². The van der Waals surface area contributed by atoms with Crippen molar-refractivity contribution in [2.75, 3.05) is 12.3 Å². The molecule has 0 aromatic carbocycles. The standard InChI is InChI=1S/C14H13N5O5S/c1-2-24-12(21)14(7-15,5-8-3-4-25-6-8)10-9(19(22)23)11(20)18-13(16)17-10/h3-4,6H,2,5H2,1H3,(H3,16,17,18,20). The first-order valence-corrected chi connectivity index (χ1v) is 7.94. The molecule has 0 aliphatic rings. The molecule has 0 saturated heterocycles. The fraction of sp³-hybridized carbons (Fsp3) is 0.286. The van der Waals surface area contributed by atoms with Gasteiger partial charge in [0.2, 0.25) is 11.4 Å². The number of nitrogen functional groups attached to an aromatic ring is 1. The summed E-state index contributed by atoms with van der Waals surface area (Å²) in [6, 6.07) is 3.41. The van der Waals surface area contributed by atoms with E-state index in [0.29, 0.717) is 5.56 Å². The lowest BCUT2D eigenvalue weighted by Crippen LogP contribution is -2.41. The van der Waals surface area contributed by atoms with Crippen molar-refractivity contribution in [2.24, 2.45) is 0 Å². The zero-order valence-electron chi connectivity index (χ0n) is 13.0. The van der Waals surface area contributed by atoms with Crippen LogP contribution in [0.3, 0.4) is 0 Å². The van der Waals surface area contributed by atoms with Gasteiger partial charge in [0.1, 0.15) is 0 Å². The number of anilines is 1. The Morgan fingerprint density at radius 3 is 2.88 bits per heavy atom. The molecule has 2 aromatic heterocycles. The number of hydrogen-bond donors (Lipinski definition) is 2. The fourth-order valence-corrected chi connectivity index (χ4v) is 2.96. The van der Waals surface area contributed by atoms with Crippen LogP contribution in [0.25, 0.3) is 0 Å². The summed E-state index contributed by atoms with van der Waals surface area (Å²) in [5.41, 5.74) is 1.06. The van der Waals surface area contributed by atoms with E-state index in [1.165, 1.54) is 18.3 Å². The zero-order chi connectivity index (χ0) is 18.6. The van der Waals surface area contributed by atoms with Gasteiger partial charge in [0.25, 0.3) is 0 Å². The summed E-state index contributed by atoms with van der Waals surface area (Å²) in [4.78, 5) is 40.6. The van der Waals surface area contributed by atoms with Crippen LogP contribution in [0.15, 0.2) is 21.6 Å². The first-order chi connectivity index (χ1) is 11.9. The van der Waals surface area contributed by atoms with Gasteiger partial charge in [0.05, 0.1) is 17.6 Å². The molecule has 0 saturated carbocycles. The third kappa shape index (κ3) is 3.33. The molecule has 0 aliphatic heterocycles. The number of H-pyrrole nitrogens is 1. The van der Waals surface area contributed by atoms with Gasteiger partial charge in [0.15, 0.2) is 5.69 Å². The lowest BCUT2D eigenvalue weighted by molar-refractivity contribution is -0.387. The number of nitro groups is 1. The van der Waals surface area contributed by atoms with Gasteiger partial charge in [-0.1, -0.05) is 0 Å². The number of esters is 1. The van der Waals surface area contributed by atoms with Crippen LogP contribution in [0.5, 0.6) is 0 Å². The van der Waals surface area contributed by atoms with Crippen LogP contribution in [0, 0.1) is 21.4 Å². The van der Waals surface area contributed by atoms with E-state index < -0.39 is 39.2 Å². The number of aromatic nitrogens is 2. The van der Waals surface area contributed by atoms with Gasteiger partial charge in [0, 0.05) is 6.42 Å². The van der Waals surface area contributed by atoms with Gasteiger partial charge in [-0.3, -0.25) is 19.9 Å². The summed E-state index contributed by atoms with van der Waals surface area (Å²) < 4.78 is 4.94. The Morgan fingerprint density at radius 1 is 1.64 bits per heavy atom. The topological polar surface area (TPSA) is 165 Å². The molecule has 2 heterocycles. The molecule has 25 heavy (non-hydrogen) atoms. The molecule has 0 fully saturated rings. The maximum atomic E-state index is 12.6. The Labute approximate surface area is 145 Å². The van der Waals surface area contributed by atoms with Crippen LogP contribution in [0.1, 0.15) is 18.2 Å². The van der Waals surface area contributed by atoms with E-state index in [0.717, 1.165) is 0 Å². The van der Waals surface area contributed by atoms with Gasteiger partial charge in [-0.05, 0) is 29.3 Å². The van der Waals surface area contributed by atoms with Crippen LogP contribution < -0.4 is 11.3 Å². The van der Waals surface area contributed by atoms with Crippen LogP contribution in [-0.2, 0) is 21.4 Å². The number of nitrogens with zero attached hydrogens (tertiary/aromatic N) is 3. The molecule has 1 unspecified atom stereocenters. The molecule has 0 radical (unpaired) electrons. The SMILES string of the molecule is CCOC(=O)C(C#N)(Cc1ccsc1)c1nc(N)[nH]c(=O)c1[N+](=O)[O-]. The average molecular weight is 363 g/mol. The molecular formula is C14H13N5O5S. The number of nitriles is 1. The summed E-state index contributed by atoms with van der Waals surface area (Å²) >= 11 is 1.32. The molecule has 2 aromatic rings. The van der Waals surface area contributed by atoms with E-state index >= 15 is 0 Å². The van der Waals surface area contributed by atoms with E-state index in [2.05, 4.69) is 4.98 Å². The van der Waals surface area contributed by atoms with Crippen molar-refractivity contribution in [1.29, 1.82) is 5.26 Å². The second-order valence-corrected chi connectivity index (χ2v) is 5.73. The lowest BCUT2D eigenvalue weighted by Gasteiger charge is -2.23. The second-order valence-electron chi connectivity index (χ2n) is 4.95. The fourth-order valence-electron chi connectivity index (χ4n) is 2.30. The first kappa shape index (κ1) is 18.1. The predicted molar refractivity (Wildman–Crippen MR) is 87.9 cm³/mol. The smallest absolute Gasteiger partial charge is 0.357 e. The third-order valence-corrected chi connectivity index (χ3v) is 4.10. The molecule has 10 nitrogen and oxygen atoms in total. The maximum absolute atomic E-state index is 12.6. The maximum Gasteiger partial charge on any atom is 0.357 e. The van der Waals surface area contributed by atoms with Crippen LogP contribution in [-0.4, -0.2) is 27.5 Å². The van der Waals surface area contributed by atoms with Gasteiger partial charge in [-0.15, -0.1) is 0 Å². The molecule has 2 rings (SSSR count). The molecule has 0 amide bonds. The van der Waals surface area contributed by atoms with Crippen molar-refractivity contribution in [2.45, 2.75) is 18.8 Å². The number of hydrogen-bond acceptors (Lipinski definition) is 9. The number of ether oxygens (including phenoxy) is 1. The zero-order valence-corrected chi connectivity index (χ0v) is 13.8. The minimum Gasteiger partial charge on any atom is -0.464 e. The van der Waals surface area contributed by atoms with E-state index in [4.69, 9.17) is 10.5 Å². The number of carbonyl (C=O) groups excluding carboxylic acids is 1. The molecule has 11 heteroatoms. The lowest BCUT2D eigenvalue weighted by atomic mass is 9.79. The molecule has 3 N–H and O–H groups in total. The quantitative estimate of drug-likeness (QED) is 0.433. The predicted octanol–water partition coefficient (Wildman–Crippen LogP) is 0.889. The highest BCUT2D eigenvalue weighted by Gasteiger charge is 2.50. The Bertz CT molecular complexity index is 901. The number of thiophene rings is 1. The van der Waals surface area contributed by atoms with Crippen molar-refractivity contribution in [3.63, 3.8) is 0 Å². The van der Waals surface area contributed by atoms with Crippen molar-refractivity contribution in [3.8, 4) is 6.07 Å². The third-order valence-electron chi connectivity index (χ3n) is 3.36. The highest BCUT2D eigenvalue weighted by molar-refractivity contribution is 7.07. The van der Waals surface area contributed by atoms with Crippen LogP contribution in [0.2, 0.25) is 0 Å². The molecule has 130 valence electrons. The molecule has 0 bridgehead atoms. The van der Waals surface area contributed by atoms with E-state index in [-0.39, 0.29) is 13.0 Å². The van der Waals surface area contributed by atoms with E-state index in [1.807, 2.05) is 4.98 Å². The number of nitrogens with two attached hydrogens (primary N) is 1. The molecule has 1 atom stereocenters. The summed E-state index contributed by atoms with van der Waals surface area (Å²) in [5, 5.41) is 24.5. The summed E-state index contributed by atoms with van der Waals surface area (Å²) in [6.45, 7) is 1.47. The molecular weight excluding hydrogens is 350 g/mol. The highest BCUT2D eigenvalue weighted by Crippen LogP contribution is 2.33. The van der Waals surface area contributed by atoms with Gasteiger partial charge < -0.3 is 10.5 Å². The Kier molecular flexibility index (Phi) is 5.14. The highest BCUT2D eigenvalue weighted by atomic mass is 32.1. The molecule has 0 aliphatic carbocycles. The van der Waals surface area contributed by atoms with Gasteiger partial charge >= 0.3 is 17.2 Å². The summed E-state index contributed by atoms with van der Waals surface area (Å²) in [7, 11) is 0. The summed E-state index contributed by atoms with van der Waals surface area (Å²) in [6.07, 6.45) is -0.247.